The Balaban J connectivity index is 2.58. The number of nitrogens with zero attached hydrogens (tertiary/aromatic N) is 2. The minimum absolute atomic E-state index is 0.00674. The molecule has 0 saturated heterocycles. The van der Waals surface area contributed by atoms with E-state index in [0.717, 1.165) is 5.56 Å². The second-order valence-electron chi connectivity index (χ2n) is 5.86. The van der Waals surface area contributed by atoms with Gasteiger partial charge in [-0.3, -0.25) is 14.6 Å². The van der Waals surface area contributed by atoms with Crippen molar-refractivity contribution in [2.45, 2.75) is 20.8 Å². The highest BCUT2D eigenvalue weighted by atomic mass is 32.1. The predicted octanol–water partition coefficient (Wildman–Crippen LogP) is 1.07. The van der Waals surface area contributed by atoms with Crippen LogP contribution in [0.1, 0.15) is 26.3 Å². The van der Waals surface area contributed by atoms with E-state index in [-0.39, 0.29) is 11.3 Å². The third-order valence-corrected chi connectivity index (χ3v) is 4.15. The van der Waals surface area contributed by atoms with E-state index in [4.69, 9.17) is 0 Å². The van der Waals surface area contributed by atoms with Gasteiger partial charge in [0.15, 0.2) is 5.78 Å². The summed E-state index contributed by atoms with van der Waals surface area (Å²) in [5.74, 6) is 0.00674. The molecule has 0 aliphatic rings. The fourth-order valence-electron chi connectivity index (χ4n) is 1.65. The van der Waals surface area contributed by atoms with Crippen molar-refractivity contribution in [3.8, 4) is 0 Å². The summed E-state index contributed by atoms with van der Waals surface area (Å²) in [5, 5.41) is 0. The average Bonchev–Trinajstić information content (AvgIpc) is 2.67. The Morgan fingerprint density at radius 3 is 2.67 bits per heavy atom. The zero-order valence-electron chi connectivity index (χ0n) is 12.6. The van der Waals surface area contributed by atoms with Crippen LogP contribution in [-0.2, 0) is 11.8 Å². The number of hydrogen-bond donors (Lipinski definition) is 0. The van der Waals surface area contributed by atoms with Crippen molar-refractivity contribution in [1.29, 1.82) is 0 Å². The zero-order chi connectivity index (χ0) is 15.6. The number of hydrogen-bond acceptors (Lipinski definition) is 4. The molecular weight excluding hydrogens is 284 g/mol. The minimum atomic E-state index is -0.451. The van der Waals surface area contributed by atoms with Gasteiger partial charge in [-0.1, -0.05) is 26.8 Å². The van der Waals surface area contributed by atoms with Gasteiger partial charge in [-0.05, 0) is 17.7 Å². The number of rotatable bonds is 2. The molecule has 0 bridgehead atoms. The fourth-order valence-corrected chi connectivity index (χ4v) is 2.68. The van der Waals surface area contributed by atoms with Crippen LogP contribution < -0.4 is 14.8 Å². The molecule has 0 N–H and O–H groups in total. The Kier molecular flexibility index (Phi) is 4.23. The highest BCUT2D eigenvalue weighted by Gasteiger charge is 2.19. The third-order valence-electron chi connectivity index (χ3n) is 3.04. The second-order valence-corrected chi connectivity index (χ2v) is 6.92. The quantitative estimate of drug-likeness (QED) is 0.834. The maximum Gasteiger partial charge on any atom is 0.268 e. The van der Waals surface area contributed by atoms with Gasteiger partial charge in [0, 0.05) is 30.9 Å². The standard InChI is InChI=1S/C16H18N2O2S/c1-16(2,3)13(19)9-14-18(4)15(20)12(21-14)8-11-6-5-7-17-10-11/h5-10H,1-4H3/b12-8+,14-9+. The fraction of sp³-hybridized carbons (Fsp3) is 0.312. The molecule has 0 aliphatic heterocycles. The van der Waals surface area contributed by atoms with Gasteiger partial charge in [0.1, 0.15) is 4.66 Å². The molecule has 2 aromatic heterocycles. The van der Waals surface area contributed by atoms with Crippen LogP contribution in [0.3, 0.4) is 0 Å². The van der Waals surface area contributed by atoms with Gasteiger partial charge in [0.25, 0.3) is 5.56 Å². The summed E-state index contributed by atoms with van der Waals surface area (Å²) in [4.78, 5) is 28.3. The summed E-state index contributed by atoms with van der Waals surface area (Å²) in [6.45, 7) is 5.58. The molecule has 0 aromatic carbocycles. The first-order valence-electron chi connectivity index (χ1n) is 6.63. The van der Waals surface area contributed by atoms with Crippen LogP contribution in [0.4, 0.5) is 0 Å². The first-order valence-corrected chi connectivity index (χ1v) is 7.44. The van der Waals surface area contributed by atoms with Crippen molar-refractivity contribution in [1.82, 2.24) is 9.55 Å². The van der Waals surface area contributed by atoms with E-state index in [1.165, 1.54) is 15.9 Å². The molecule has 0 radical (unpaired) electrons. The largest absolute Gasteiger partial charge is 0.302 e. The Morgan fingerprint density at radius 1 is 1.38 bits per heavy atom. The number of thiazole rings is 1. The van der Waals surface area contributed by atoms with E-state index < -0.39 is 5.41 Å². The van der Waals surface area contributed by atoms with Gasteiger partial charge in [-0.2, -0.15) is 0 Å². The molecule has 5 heteroatoms. The van der Waals surface area contributed by atoms with E-state index in [9.17, 15) is 9.59 Å². The molecule has 0 unspecified atom stereocenters. The van der Waals surface area contributed by atoms with Gasteiger partial charge < -0.3 is 4.57 Å². The number of ketones is 1. The van der Waals surface area contributed by atoms with E-state index in [0.29, 0.717) is 9.20 Å². The maximum atomic E-state index is 12.2. The summed E-state index contributed by atoms with van der Waals surface area (Å²) in [6, 6.07) is 3.70. The second kappa shape index (κ2) is 5.77. The maximum absolute atomic E-state index is 12.2. The van der Waals surface area contributed by atoms with Crippen molar-refractivity contribution < 1.29 is 4.79 Å². The smallest absolute Gasteiger partial charge is 0.268 e. The molecule has 0 amide bonds. The minimum Gasteiger partial charge on any atom is -0.302 e. The molecule has 4 nitrogen and oxygen atoms in total. The first-order chi connectivity index (χ1) is 9.79. The van der Waals surface area contributed by atoms with Crippen molar-refractivity contribution in [2.24, 2.45) is 12.5 Å². The Bertz CT molecular complexity index is 824. The van der Waals surface area contributed by atoms with Gasteiger partial charge in [0.2, 0.25) is 0 Å². The normalized spacial score (nSPS) is 13.7. The van der Waals surface area contributed by atoms with E-state index in [2.05, 4.69) is 4.98 Å². The van der Waals surface area contributed by atoms with Gasteiger partial charge >= 0.3 is 0 Å². The van der Waals surface area contributed by atoms with Crippen LogP contribution in [0.15, 0.2) is 29.3 Å². The monoisotopic (exact) mass is 302 g/mol. The Labute approximate surface area is 127 Å². The molecular formula is C16H18N2O2S. The van der Waals surface area contributed by atoms with Gasteiger partial charge in [0.05, 0.1) is 4.53 Å². The predicted molar refractivity (Wildman–Crippen MR) is 85.5 cm³/mol. The van der Waals surface area contributed by atoms with Crippen molar-refractivity contribution in [3.63, 3.8) is 0 Å². The lowest BCUT2D eigenvalue weighted by Gasteiger charge is -2.12. The first kappa shape index (κ1) is 15.4. The molecule has 2 rings (SSSR count). The highest BCUT2D eigenvalue weighted by Crippen LogP contribution is 2.14. The molecule has 0 spiro atoms. The number of carbonyl (C=O) groups excluding carboxylic acids is 1. The lowest BCUT2D eigenvalue weighted by Crippen LogP contribution is -2.30. The lowest BCUT2D eigenvalue weighted by atomic mass is 9.91. The van der Waals surface area contributed by atoms with Crippen molar-refractivity contribution in [3.05, 3.63) is 49.6 Å². The van der Waals surface area contributed by atoms with Crippen LogP contribution in [0.5, 0.6) is 0 Å². The van der Waals surface area contributed by atoms with Crippen LogP contribution in [0.25, 0.3) is 12.2 Å². The van der Waals surface area contributed by atoms with Crippen molar-refractivity contribution in [2.75, 3.05) is 0 Å². The number of Topliss-reactive ketones (excluding diaryl/α,β-unsaturated/α-hetero) is 1. The van der Waals surface area contributed by atoms with Gasteiger partial charge in [-0.25, -0.2) is 0 Å². The third kappa shape index (κ3) is 3.55. The molecule has 0 fully saturated rings. The number of pyridine rings is 1. The summed E-state index contributed by atoms with van der Waals surface area (Å²) >= 11 is 1.32. The van der Waals surface area contributed by atoms with Crippen LogP contribution >= 0.6 is 11.3 Å². The highest BCUT2D eigenvalue weighted by molar-refractivity contribution is 7.07. The molecule has 0 saturated carbocycles. The molecule has 2 aromatic rings. The van der Waals surface area contributed by atoms with Crippen LogP contribution in [0.2, 0.25) is 0 Å². The van der Waals surface area contributed by atoms with Crippen LogP contribution in [0, 0.1) is 5.41 Å². The number of aromatic nitrogens is 2. The van der Waals surface area contributed by atoms with E-state index in [1.807, 2.05) is 32.9 Å². The zero-order valence-corrected chi connectivity index (χ0v) is 13.4. The van der Waals surface area contributed by atoms with Gasteiger partial charge in [-0.15, -0.1) is 11.3 Å². The summed E-state index contributed by atoms with van der Waals surface area (Å²) in [5.41, 5.74) is 0.315. The average molecular weight is 302 g/mol. The molecule has 0 aliphatic carbocycles. The van der Waals surface area contributed by atoms with E-state index >= 15 is 0 Å². The lowest BCUT2D eigenvalue weighted by molar-refractivity contribution is -0.120. The summed E-state index contributed by atoms with van der Waals surface area (Å²) < 4.78 is 2.77. The number of carbonyl (C=O) groups is 1. The Morgan fingerprint density at radius 2 is 2.10 bits per heavy atom. The molecule has 0 atom stereocenters. The topological polar surface area (TPSA) is 52.0 Å². The Hall–Kier alpha value is -2.01. The molecule has 2 heterocycles. The van der Waals surface area contributed by atoms with Crippen molar-refractivity contribution >= 4 is 29.3 Å². The molecule has 21 heavy (non-hydrogen) atoms. The SMILES string of the molecule is Cn1c(=O)/c(=C\c2cccnc2)s/c1=C/C(=O)C(C)(C)C. The summed E-state index contributed by atoms with van der Waals surface area (Å²) in [7, 11) is 1.68. The van der Waals surface area contributed by atoms with E-state index in [1.54, 1.807) is 31.6 Å². The summed E-state index contributed by atoms with van der Waals surface area (Å²) in [6.07, 6.45) is 6.72. The molecule has 110 valence electrons. The van der Waals surface area contributed by atoms with Crippen LogP contribution in [-0.4, -0.2) is 15.3 Å².